The molecule has 0 bridgehead atoms. The molecule has 2 unspecified atom stereocenters. The van der Waals surface area contributed by atoms with Crippen LogP contribution in [0, 0.1) is 12.3 Å². The number of hydrogen-bond donors (Lipinski definition) is 2. The molecule has 0 aliphatic heterocycles. The number of nitrogens with one attached hydrogen (secondary N) is 1. The predicted molar refractivity (Wildman–Crippen MR) is 72.8 cm³/mol. The zero-order valence-electron chi connectivity index (χ0n) is 11.1. The standard InChI is InChI=1S/C14H20N2O2/c1-5-10(2)16-13(9-15)12-7-6-11(17-3)8-14(12)18-4/h1,6-8,10,13,16H,9,15H2,2-4H3. The van der Waals surface area contributed by atoms with Crippen LogP contribution in [-0.2, 0) is 0 Å². The Hall–Kier alpha value is -1.70. The Bertz CT molecular complexity index is 426. The van der Waals surface area contributed by atoms with E-state index in [-0.39, 0.29) is 12.1 Å². The molecule has 2 atom stereocenters. The molecule has 0 aliphatic carbocycles. The second-order valence-electron chi connectivity index (χ2n) is 3.95. The molecule has 3 N–H and O–H groups in total. The van der Waals surface area contributed by atoms with Crippen LogP contribution in [0.1, 0.15) is 18.5 Å². The molecule has 0 aliphatic rings. The fourth-order valence-electron chi connectivity index (χ4n) is 1.74. The highest BCUT2D eigenvalue weighted by molar-refractivity contribution is 5.42. The van der Waals surface area contributed by atoms with E-state index in [9.17, 15) is 0 Å². The van der Waals surface area contributed by atoms with Crippen molar-refractivity contribution in [1.82, 2.24) is 5.32 Å². The maximum absolute atomic E-state index is 5.78. The molecular formula is C14H20N2O2. The van der Waals surface area contributed by atoms with E-state index in [0.717, 1.165) is 17.1 Å². The second kappa shape index (κ2) is 6.90. The molecule has 0 radical (unpaired) electrons. The number of nitrogens with two attached hydrogens (primary N) is 1. The maximum atomic E-state index is 5.78. The van der Waals surface area contributed by atoms with Crippen molar-refractivity contribution in [2.75, 3.05) is 20.8 Å². The van der Waals surface area contributed by atoms with Crippen molar-refractivity contribution < 1.29 is 9.47 Å². The summed E-state index contributed by atoms with van der Waals surface area (Å²) in [5, 5.41) is 3.26. The van der Waals surface area contributed by atoms with Crippen molar-refractivity contribution in [2.45, 2.75) is 19.0 Å². The normalized spacial score (nSPS) is 13.5. The highest BCUT2D eigenvalue weighted by Gasteiger charge is 2.16. The van der Waals surface area contributed by atoms with Gasteiger partial charge in [-0.05, 0) is 13.0 Å². The first kappa shape index (κ1) is 14.4. The largest absolute Gasteiger partial charge is 0.497 e. The van der Waals surface area contributed by atoms with Gasteiger partial charge in [-0.2, -0.15) is 0 Å². The van der Waals surface area contributed by atoms with Gasteiger partial charge in [0.05, 0.1) is 20.3 Å². The second-order valence-corrected chi connectivity index (χ2v) is 3.95. The predicted octanol–water partition coefficient (Wildman–Crippen LogP) is 1.31. The van der Waals surface area contributed by atoms with E-state index in [1.807, 2.05) is 25.1 Å². The fourth-order valence-corrected chi connectivity index (χ4v) is 1.74. The van der Waals surface area contributed by atoms with E-state index in [1.54, 1.807) is 14.2 Å². The monoisotopic (exact) mass is 248 g/mol. The van der Waals surface area contributed by atoms with E-state index in [2.05, 4.69) is 11.2 Å². The van der Waals surface area contributed by atoms with Gasteiger partial charge in [-0.3, -0.25) is 5.32 Å². The molecule has 0 fully saturated rings. The van der Waals surface area contributed by atoms with Gasteiger partial charge in [-0.25, -0.2) is 0 Å². The van der Waals surface area contributed by atoms with Gasteiger partial charge in [0.1, 0.15) is 11.5 Å². The first-order valence-electron chi connectivity index (χ1n) is 5.80. The Morgan fingerprint density at radius 1 is 1.39 bits per heavy atom. The molecule has 1 aromatic carbocycles. The fraction of sp³-hybridized carbons (Fsp3) is 0.429. The van der Waals surface area contributed by atoms with E-state index < -0.39 is 0 Å². The van der Waals surface area contributed by atoms with Gasteiger partial charge in [0.15, 0.2) is 0 Å². The van der Waals surface area contributed by atoms with Crippen LogP contribution in [-0.4, -0.2) is 26.8 Å². The average Bonchev–Trinajstić information content (AvgIpc) is 2.43. The number of rotatable bonds is 6. The summed E-state index contributed by atoms with van der Waals surface area (Å²) in [6.07, 6.45) is 5.36. The number of hydrogen-bond acceptors (Lipinski definition) is 4. The molecule has 0 spiro atoms. The molecule has 0 aromatic heterocycles. The van der Waals surface area contributed by atoms with Gasteiger partial charge in [0, 0.05) is 24.2 Å². The van der Waals surface area contributed by atoms with Crippen LogP contribution >= 0.6 is 0 Å². The lowest BCUT2D eigenvalue weighted by molar-refractivity contribution is 0.383. The average molecular weight is 248 g/mol. The number of benzene rings is 1. The SMILES string of the molecule is C#CC(C)NC(CN)c1ccc(OC)cc1OC. The van der Waals surface area contributed by atoms with Crippen LogP contribution in [0.5, 0.6) is 11.5 Å². The third-order valence-corrected chi connectivity index (χ3v) is 2.75. The molecule has 18 heavy (non-hydrogen) atoms. The lowest BCUT2D eigenvalue weighted by Gasteiger charge is -2.22. The van der Waals surface area contributed by atoms with Gasteiger partial charge >= 0.3 is 0 Å². The van der Waals surface area contributed by atoms with Crippen LogP contribution in [0.4, 0.5) is 0 Å². The lowest BCUT2D eigenvalue weighted by atomic mass is 10.0. The third kappa shape index (κ3) is 3.39. The molecule has 4 heteroatoms. The molecule has 0 saturated heterocycles. The quantitative estimate of drug-likeness (QED) is 0.745. The topological polar surface area (TPSA) is 56.5 Å². The molecular weight excluding hydrogens is 228 g/mol. The van der Waals surface area contributed by atoms with Crippen molar-refractivity contribution in [3.8, 4) is 23.8 Å². The van der Waals surface area contributed by atoms with E-state index in [4.69, 9.17) is 21.6 Å². The first-order chi connectivity index (χ1) is 8.65. The molecule has 0 saturated carbocycles. The van der Waals surface area contributed by atoms with Gasteiger partial charge in [0.2, 0.25) is 0 Å². The van der Waals surface area contributed by atoms with Crippen molar-refractivity contribution in [2.24, 2.45) is 5.73 Å². The molecule has 98 valence electrons. The molecule has 0 heterocycles. The van der Waals surface area contributed by atoms with Crippen molar-refractivity contribution >= 4 is 0 Å². The summed E-state index contributed by atoms with van der Waals surface area (Å²) in [6.45, 7) is 2.35. The van der Waals surface area contributed by atoms with Gasteiger partial charge in [0.25, 0.3) is 0 Å². The highest BCUT2D eigenvalue weighted by atomic mass is 16.5. The Kier molecular flexibility index (Phi) is 5.50. The third-order valence-electron chi connectivity index (χ3n) is 2.75. The minimum absolute atomic E-state index is 0.0445. The van der Waals surface area contributed by atoms with E-state index in [0.29, 0.717) is 6.54 Å². The Labute approximate surface area is 108 Å². The Morgan fingerprint density at radius 2 is 2.11 bits per heavy atom. The lowest BCUT2D eigenvalue weighted by Crippen LogP contribution is -2.34. The number of terminal acetylenes is 1. The summed E-state index contributed by atoms with van der Waals surface area (Å²) in [6, 6.07) is 5.55. The van der Waals surface area contributed by atoms with Gasteiger partial charge < -0.3 is 15.2 Å². The van der Waals surface area contributed by atoms with E-state index in [1.165, 1.54) is 0 Å². The summed E-state index contributed by atoms with van der Waals surface area (Å²) in [4.78, 5) is 0. The summed E-state index contributed by atoms with van der Waals surface area (Å²) < 4.78 is 10.5. The summed E-state index contributed by atoms with van der Waals surface area (Å²) in [5.74, 6) is 4.11. The van der Waals surface area contributed by atoms with Gasteiger partial charge in [-0.15, -0.1) is 6.42 Å². The minimum atomic E-state index is -0.0506. The zero-order chi connectivity index (χ0) is 13.5. The Balaban J connectivity index is 3.01. The van der Waals surface area contributed by atoms with Crippen molar-refractivity contribution in [3.05, 3.63) is 23.8 Å². The maximum Gasteiger partial charge on any atom is 0.127 e. The van der Waals surface area contributed by atoms with Crippen LogP contribution in [0.3, 0.4) is 0 Å². The summed E-state index contributed by atoms with van der Waals surface area (Å²) in [5.41, 5.74) is 6.76. The molecule has 4 nitrogen and oxygen atoms in total. The molecule has 1 rings (SSSR count). The zero-order valence-corrected chi connectivity index (χ0v) is 11.1. The number of methoxy groups -OCH3 is 2. The minimum Gasteiger partial charge on any atom is -0.497 e. The van der Waals surface area contributed by atoms with E-state index >= 15 is 0 Å². The highest BCUT2D eigenvalue weighted by Crippen LogP contribution is 2.29. The molecule has 0 amide bonds. The van der Waals surface area contributed by atoms with Crippen LogP contribution in [0.25, 0.3) is 0 Å². The summed E-state index contributed by atoms with van der Waals surface area (Å²) >= 11 is 0. The van der Waals surface area contributed by atoms with Crippen molar-refractivity contribution in [3.63, 3.8) is 0 Å². The Morgan fingerprint density at radius 3 is 2.61 bits per heavy atom. The molecule has 1 aromatic rings. The van der Waals surface area contributed by atoms with Crippen LogP contribution in [0.15, 0.2) is 18.2 Å². The smallest absolute Gasteiger partial charge is 0.127 e. The first-order valence-corrected chi connectivity index (χ1v) is 5.80. The summed E-state index contributed by atoms with van der Waals surface area (Å²) in [7, 11) is 3.24. The van der Waals surface area contributed by atoms with Gasteiger partial charge in [-0.1, -0.05) is 12.0 Å². The van der Waals surface area contributed by atoms with Crippen LogP contribution < -0.4 is 20.5 Å². The number of ether oxygens (including phenoxy) is 2. The van der Waals surface area contributed by atoms with Crippen molar-refractivity contribution in [1.29, 1.82) is 0 Å². The van der Waals surface area contributed by atoms with Crippen LogP contribution in [0.2, 0.25) is 0 Å².